The SMILES string of the molecule is c1ccc(-c2ncc3c(n2)-c2ccccc2C3(c2ccccc2)c2ccc(-n3c4ccccc4c4ccccc43)cc2)cc1. The molecule has 206 valence electrons. The average molecular weight is 562 g/mol. The first kappa shape index (κ1) is 24.8. The summed E-state index contributed by atoms with van der Waals surface area (Å²) in [6, 6.07) is 56.2. The van der Waals surface area contributed by atoms with E-state index in [-0.39, 0.29) is 0 Å². The maximum absolute atomic E-state index is 5.22. The van der Waals surface area contributed by atoms with E-state index in [1.54, 1.807) is 0 Å². The van der Waals surface area contributed by atoms with Gasteiger partial charge in [-0.15, -0.1) is 0 Å². The molecule has 8 aromatic rings. The van der Waals surface area contributed by atoms with E-state index in [0.29, 0.717) is 0 Å². The Bertz CT molecular complexity index is 2270. The molecule has 0 saturated carbocycles. The van der Waals surface area contributed by atoms with Crippen molar-refractivity contribution >= 4 is 21.8 Å². The number of hydrogen-bond acceptors (Lipinski definition) is 2. The summed E-state index contributed by atoms with van der Waals surface area (Å²) >= 11 is 0. The van der Waals surface area contributed by atoms with Crippen molar-refractivity contribution in [3.63, 3.8) is 0 Å². The molecule has 0 saturated heterocycles. The van der Waals surface area contributed by atoms with E-state index in [2.05, 4.69) is 150 Å². The van der Waals surface area contributed by atoms with Gasteiger partial charge in [0.1, 0.15) is 0 Å². The lowest BCUT2D eigenvalue weighted by molar-refractivity contribution is 0.760. The molecular formula is C41H27N3. The Morgan fingerprint density at radius 1 is 0.477 bits per heavy atom. The molecule has 0 fully saturated rings. The maximum Gasteiger partial charge on any atom is 0.159 e. The largest absolute Gasteiger partial charge is 0.309 e. The van der Waals surface area contributed by atoms with Crippen molar-refractivity contribution < 1.29 is 0 Å². The fourth-order valence-corrected chi connectivity index (χ4v) is 7.29. The lowest BCUT2D eigenvalue weighted by Crippen LogP contribution is -2.28. The molecule has 1 unspecified atom stereocenters. The predicted molar refractivity (Wildman–Crippen MR) is 179 cm³/mol. The van der Waals surface area contributed by atoms with Crippen molar-refractivity contribution in [3.8, 4) is 28.3 Å². The number of para-hydroxylation sites is 2. The highest BCUT2D eigenvalue weighted by Gasteiger charge is 2.47. The fourth-order valence-electron chi connectivity index (χ4n) is 7.29. The maximum atomic E-state index is 5.22. The Morgan fingerprint density at radius 3 is 1.75 bits per heavy atom. The minimum Gasteiger partial charge on any atom is -0.309 e. The van der Waals surface area contributed by atoms with E-state index >= 15 is 0 Å². The molecule has 2 heterocycles. The van der Waals surface area contributed by atoms with Crippen LogP contribution in [0.5, 0.6) is 0 Å². The molecule has 0 bridgehead atoms. The topological polar surface area (TPSA) is 30.7 Å². The van der Waals surface area contributed by atoms with Crippen molar-refractivity contribution in [2.24, 2.45) is 0 Å². The van der Waals surface area contributed by atoms with Crippen LogP contribution in [0.4, 0.5) is 0 Å². The zero-order chi connectivity index (χ0) is 29.1. The fraction of sp³-hybridized carbons (Fsp3) is 0.0244. The molecule has 9 rings (SSSR count). The van der Waals surface area contributed by atoms with Crippen LogP contribution in [0.25, 0.3) is 50.1 Å². The van der Waals surface area contributed by atoms with Gasteiger partial charge in [-0.3, -0.25) is 0 Å². The molecule has 0 amide bonds. The molecule has 44 heavy (non-hydrogen) atoms. The standard InChI is InChI=1S/C41H27N3/c1-3-13-28(14-4-1)40-42-27-36-39(43-40)34-19-7-10-20-35(34)41(36,29-15-5-2-6-16-29)30-23-25-31(26-24-30)44-37-21-11-8-17-32(37)33-18-9-12-22-38(33)44/h1-27H. The van der Waals surface area contributed by atoms with Crippen LogP contribution < -0.4 is 0 Å². The van der Waals surface area contributed by atoms with E-state index in [0.717, 1.165) is 33.9 Å². The van der Waals surface area contributed by atoms with Gasteiger partial charge in [-0.25, -0.2) is 9.97 Å². The summed E-state index contributed by atoms with van der Waals surface area (Å²) in [6.45, 7) is 0. The molecule has 2 aromatic heterocycles. The van der Waals surface area contributed by atoms with Gasteiger partial charge in [-0.1, -0.05) is 133 Å². The van der Waals surface area contributed by atoms with Gasteiger partial charge in [0.05, 0.1) is 22.1 Å². The minimum atomic E-state index is -0.554. The van der Waals surface area contributed by atoms with Crippen LogP contribution >= 0.6 is 0 Å². The first-order valence-electron chi connectivity index (χ1n) is 15.0. The van der Waals surface area contributed by atoms with E-state index < -0.39 is 5.41 Å². The third-order valence-corrected chi connectivity index (χ3v) is 9.16. The summed E-state index contributed by atoms with van der Waals surface area (Å²) in [7, 11) is 0. The Labute approximate surface area is 255 Å². The third-order valence-electron chi connectivity index (χ3n) is 9.16. The van der Waals surface area contributed by atoms with Crippen LogP contribution in [0.1, 0.15) is 22.3 Å². The summed E-state index contributed by atoms with van der Waals surface area (Å²) in [6.07, 6.45) is 2.05. The lowest BCUT2D eigenvalue weighted by Gasteiger charge is -2.33. The van der Waals surface area contributed by atoms with Crippen LogP contribution in [0, 0.1) is 0 Å². The van der Waals surface area contributed by atoms with Crippen LogP contribution in [0.3, 0.4) is 0 Å². The highest BCUT2D eigenvalue weighted by Crippen LogP contribution is 2.55. The Morgan fingerprint density at radius 2 is 1.05 bits per heavy atom. The normalized spacial score (nSPS) is 15.4. The zero-order valence-corrected chi connectivity index (χ0v) is 23.9. The van der Waals surface area contributed by atoms with Crippen molar-refractivity contribution in [2.75, 3.05) is 0 Å². The van der Waals surface area contributed by atoms with E-state index in [9.17, 15) is 0 Å². The van der Waals surface area contributed by atoms with Crippen LogP contribution in [0.2, 0.25) is 0 Å². The van der Waals surface area contributed by atoms with Crippen molar-refractivity contribution in [1.29, 1.82) is 0 Å². The van der Waals surface area contributed by atoms with Gasteiger partial charge >= 0.3 is 0 Å². The monoisotopic (exact) mass is 561 g/mol. The molecule has 0 spiro atoms. The van der Waals surface area contributed by atoms with Crippen molar-refractivity contribution in [1.82, 2.24) is 14.5 Å². The highest BCUT2D eigenvalue weighted by molar-refractivity contribution is 6.09. The summed E-state index contributed by atoms with van der Waals surface area (Å²) in [5, 5.41) is 2.52. The van der Waals surface area contributed by atoms with E-state index in [1.807, 2.05) is 18.2 Å². The van der Waals surface area contributed by atoms with Gasteiger partial charge in [0.15, 0.2) is 5.82 Å². The van der Waals surface area contributed by atoms with E-state index in [1.165, 1.54) is 38.5 Å². The summed E-state index contributed by atoms with van der Waals surface area (Å²) in [5.74, 6) is 0.740. The third kappa shape index (κ3) is 3.44. The number of benzene rings is 6. The van der Waals surface area contributed by atoms with Crippen LogP contribution in [-0.4, -0.2) is 14.5 Å². The Kier molecular flexibility index (Phi) is 5.41. The molecule has 0 radical (unpaired) electrons. The molecule has 1 atom stereocenters. The number of rotatable bonds is 4. The van der Waals surface area contributed by atoms with Crippen LogP contribution in [0.15, 0.2) is 164 Å². The zero-order valence-electron chi connectivity index (χ0n) is 23.9. The van der Waals surface area contributed by atoms with E-state index in [4.69, 9.17) is 9.97 Å². The highest BCUT2D eigenvalue weighted by atomic mass is 15.0. The molecule has 6 aromatic carbocycles. The first-order valence-corrected chi connectivity index (χ1v) is 15.0. The second-order valence-electron chi connectivity index (χ2n) is 11.4. The molecule has 0 N–H and O–H groups in total. The van der Waals surface area contributed by atoms with Gasteiger partial charge in [-0.2, -0.15) is 0 Å². The molecule has 0 aliphatic heterocycles. The van der Waals surface area contributed by atoms with Crippen molar-refractivity contribution in [2.45, 2.75) is 5.41 Å². The lowest BCUT2D eigenvalue weighted by atomic mass is 9.68. The Hall–Kier alpha value is -5.80. The molecular weight excluding hydrogens is 534 g/mol. The number of hydrogen-bond donors (Lipinski definition) is 0. The number of aromatic nitrogens is 3. The van der Waals surface area contributed by atoms with Crippen molar-refractivity contribution in [3.05, 3.63) is 186 Å². The van der Waals surface area contributed by atoms with Gasteiger partial charge < -0.3 is 4.57 Å². The minimum absolute atomic E-state index is 0.554. The molecule has 3 nitrogen and oxygen atoms in total. The summed E-state index contributed by atoms with van der Waals surface area (Å²) in [4.78, 5) is 10.2. The van der Waals surface area contributed by atoms with Gasteiger partial charge in [-0.05, 0) is 41.0 Å². The molecule has 3 heteroatoms. The van der Waals surface area contributed by atoms with Gasteiger partial charge in [0.25, 0.3) is 0 Å². The van der Waals surface area contributed by atoms with Gasteiger partial charge in [0.2, 0.25) is 0 Å². The second kappa shape index (κ2) is 9.62. The second-order valence-corrected chi connectivity index (χ2v) is 11.4. The quantitative estimate of drug-likeness (QED) is 0.214. The summed E-state index contributed by atoms with van der Waals surface area (Å²) < 4.78 is 2.37. The summed E-state index contributed by atoms with van der Waals surface area (Å²) in [5.41, 5.74) is 10.9. The Balaban J connectivity index is 1.29. The van der Waals surface area contributed by atoms with Gasteiger partial charge in [0, 0.05) is 39.3 Å². The smallest absolute Gasteiger partial charge is 0.159 e. The van der Waals surface area contributed by atoms with Crippen LogP contribution in [-0.2, 0) is 5.41 Å². The molecule has 1 aliphatic rings. The first-order chi connectivity index (χ1) is 21.8. The molecule has 1 aliphatic carbocycles. The number of nitrogens with zero attached hydrogens (tertiary/aromatic N) is 3. The predicted octanol–water partition coefficient (Wildman–Crippen LogP) is 9.60. The average Bonchev–Trinajstić information content (AvgIpc) is 3.60. The number of fused-ring (bicyclic) bond motifs is 6.